The van der Waals surface area contributed by atoms with Gasteiger partial charge in [0.25, 0.3) is 0 Å². The van der Waals surface area contributed by atoms with Crippen LogP contribution in [0.25, 0.3) is 6.08 Å². The molecular weight excluding hydrogens is 400 g/mol. The van der Waals surface area contributed by atoms with E-state index in [0.29, 0.717) is 60.2 Å². The van der Waals surface area contributed by atoms with Crippen LogP contribution in [0.1, 0.15) is 41.8 Å². The largest absolute Gasteiger partial charge is 0.493 e. The summed E-state index contributed by atoms with van der Waals surface area (Å²) in [6, 6.07) is 8.76. The second kappa shape index (κ2) is 7.98. The van der Waals surface area contributed by atoms with Gasteiger partial charge in [-0.25, -0.2) is 4.79 Å². The number of carbonyl (C=O) groups is 2. The van der Waals surface area contributed by atoms with E-state index in [2.05, 4.69) is 0 Å². The molecule has 0 spiro atoms. The van der Waals surface area contributed by atoms with Crippen molar-refractivity contribution in [1.29, 1.82) is 0 Å². The molecular formula is C24H24O7. The summed E-state index contributed by atoms with van der Waals surface area (Å²) in [5.74, 6) is 1.07. The van der Waals surface area contributed by atoms with Crippen molar-refractivity contribution < 1.29 is 33.6 Å². The van der Waals surface area contributed by atoms with Gasteiger partial charge in [0.1, 0.15) is 19.0 Å². The summed E-state index contributed by atoms with van der Waals surface area (Å²) in [5.41, 5.74) is 1.58. The first-order chi connectivity index (χ1) is 14.8. The minimum Gasteiger partial charge on any atom is -0.493 e. The van der Waals surface area contributed by atoms with Gasteiger partial charge in [0.05, 0.1) is 7.11 Å². The number of benzene rings is 2. The number of rotatable bonds is 5. The van der Waals surface area contributed by atoms with E-state index >= 15 is 0 Å². The molecule has 1 heterocycles. The molecule has 1 aliphatic heterocycles. The number of Topliss-reactive ketones (excluding diaryl/α,β-unsaturated/α-hetero) is 1. The number of hydrogen-bond donors (Lipinski definition) is 1. The lowest BCUT2D eigenvalue weighted by molar-refractivity contribution is -0.152. The fourth-order valence-corrected chi connectivity index (χ4v) is 3.67. The number of carboxylic acid groups (broad SMARTS) is 1. The molecule has 0 radical (unpaired) electrons. The third-order valence-corrected chi connectivity index (χ3v) is 5.36. The SMILES string of the molecule is COc1cc(/C=C2/CCc3cc(OC(C)(C)C(=O)O)ccc3C2=O)cc2c1OCCO2. The van der Waals surface area contributed by atoms with Gasteiger partial charge in [-0.1, -0.05) is 0 Å². The Hall–Kier alpha value is -3.48. The number of ether oxygens (including phenoxy) is 4. The molecule has 7 heteroatoms. The van der Waals surface area contributed by atoms with Crippen LogP contribution in [0, 0.1) is 0 Å². The number of aryl methyl sites for hydroxylation is 1. The maximum Gasteiger partial charge on any atom is 0.347 e. The standard InChI is InChI=1S/C24H24O7/c1-24(2,23(26)27)31-17-6-7-18-15(13-17)4-5-16(21(18)25)10-14-11-19(28-3)22-20(12-14)29-8-9-30-22/h6-7,10-13H,4-5,8-9H2,1-3H3,(H,26,27)/b16-10-. The molecule has 1 N–H and O–H groups in total. The van der Waals surface area contributed by atoms with Crippen LogP contribution in [0.3, 0.4) is 0 Å². The van der Waals surface area contributed by atoms with E-state index in [1.54, 1.807) is 25.3 Å². The van der Waals surface area contributed by atoms with E-state index in [1.165, 1.54) is 13.8 Å². The molecule has 0 saturated heterocycles. The maximum absolute atomic E-state index is 13.1. The summed E-state index contributed by atoms with van der Waals surface area (Å²) in [6.07, 6.45) is 3.07. The first kappa shape index (κ1) is 20.8. The lowest BCUT2D eigenvalue weighted by Crippen LogP contribution is -2.37. The Morgan fingerprint density at radius 1 is 1.13 bits per heavy atom. The van der Waals surface area contributed by atoms with Crippen LogP contribution in [0.5, 0.6) is 23.0 Å². The van der Waals surface area contributed by atoms with Gasteiger partial charge in [-0.05, 0) is 74.2 Å². The molecule has 31 heavy (non-hydrogen) atoms. The van der Waals surface area contributed by atoms with Crippen molar-refractivity contribution in [2.24, 2.45) is 0 Å². The molecule has 0 saturated carbocycles. The number of methoxy groups -OCH3 is 1. The molecule has 0 fully saturated rings. The van der Waals surface area contributed by atoms with Crippen LogP contribution in [-0.4, -0.2) is 42.8 Å². The van der Waals surface area contributed by atoms with Gasteiger partial charge >= 0.3 is 5.97 Å². The number of aliphatic carboxylic acids is 1. The molecule has 2 aliphatic rings. The van der Waals surface area contributed by atoms with E-state index in [9.17, 15) is 14.7 Å². The highest BCUT2D eigenvalue weighted by Crippen LogP contribution is 2.41. The number of ketones is 1. The summed E-state index contributed by atoms with van der Waals surface area (Å²) in [7, 11) is 1.57. The van der Waals surface area contributed by atoms with Gasteiger partial charge in [0.2, 0.25) is 5.75 Å². The number of allylic oxidation sites excluding steroid dienone is 1. The van der Waals surface area contributed by atoms with E-state index < -0.39 is 11.6 Å². The normalized spacial score (nSPS) is 16.6. The van der Waals surface area contributed by atoms with Crippen LogP contribution >= 0.6 is 0 Å². The summed E-state index contributed by atoms with van der Waals surface area (Å²) in [4.78, 5) is 24.4. The van der Waals surface area contributed by atoms with Crippen LogP contribution in [0.4, 0.5) is 0 Å². The van der Waals surface area contributed by atoms with Gasteiger partial charge in [-0.2, -0.15) is 0 Å². The van der Waals surface area contributed by atoms with Gasteiger partial charge < -0.3 is 24.1 Å². The third kappa shape index (κ3) is 4.08. The molecule has 0 atom stereocenters. The second-order valence-electron chi connectivity index (χ2n) is 7.98. The number of hydrogen-bond acceptors (Lipinski definition) is 6. The van der Waals surface area contributed by atoms with E-state index in [4.69, 9.17) is 18.9 Å². The Labute approximate surface area is 180 Å². The zero-order valence-corrected chi connectivity index (χ0v) is 17.7. The van der Waals surface area contributed by atoms with Crippen molar-refractivity contribution in [2.45, 2.75) is 32.3 Å². The topological polar surface area (TPSA) is 91.3 Å². The van der Waals surface area contributed by atoms with E-state index in [0.717, 1.165) is 11.1 Å². The first-order valence-electron chi connectivity index (χ1n) is 10.1. The van der Waals surface area contributed by atoms with Crippen molar-refractivity contribution in [3.05, 3.63) is 52.6 Å². The fraction of sp³-hybridized carbons (Fsp3) is 0.333. The molecule has 162 valence electrons. The van der Waals surface area contributed by atoms with Gasteiger partial charge in [0.15, 0.2) is 22.9 Å². The Balaban J connectivity index is 1.61. The maximum atomic E-state index is 13.1. The smallest absolute Gasteiger partial charge is 0.347 e. The quantitative estimate of drug-likeness (QED) is 0.728. The number of carbonyl (C=O) groups excluding carboxylic acids is 1. The van der Waals surface area contributed by atoms with Crippen molar-refractivity contribution in [3.63, 3.8) is 0 Å². The molecule has 2 aromatic rings. The van der Waals surface area contributed by atoms with Gasteiger partial charge in [-0.3, -0.25) is 4.79 Å². The van der Waals surface area contributed by atoms with Crippen molar-refractivity contribution in [2.75, 3.05) is 20.3 Å². The lowest BCUT2D eigenvalue weighted by Gasteiger charge is -2.24. The lowest BCUT2D eigenvalue weighted by atomic mass is 9.86. The predicted octanol–water partition coefficient (Wildman–Crippen LogP) is 3.92. The molecule has 2 aromatic carbocycles. The summed E-state index contributed by atoms with van der Waals surface area (Å²) in [5, 5.41) is 9.26. The minimum absolute atomic E-state index is 0.0563. The number of carboxylic acids is 1. The molecule has 0 unspecified atom stereocenters. The van der Waals surface area contributed by atoms with Crippen LogP contribution < -0.4 is 18.9 Å². The fourth-order valence-electron chi connectivity index (χ4n) is 3.67. The zero-order chi connectivity index (χ0) is 22.2. The Bertz CT molecular complexity index is 1060. The van der Waals surface area contributed by atoms with E-state index in [-0.39, 0.29) is 5.78 Å². The van der Waals surface area contributed by atoms with Gasteiger partial charge in [-0.15, -0.1) is 0 Å². The molecule has 7 nitrogen and oxygen atoms in total. The Kier molecular flexibility index (Phi) is 5.35. The molecule has 0 amide bonds. The van der Waals surface area contributed by atoms with Crippen molar-refractivity contribution >= 4 is 17.8 Å². The van der Waals surface area contributed by atoms with Crippen LogP contribution in [0.2, 0.25) is 0 Å². The van der Waals surface area contributed by atoms with Crippen molar-refractivity contribution in [3.8, 4) is 23.0 Å². The van der Waals surface area contributed by atoms with Crippen LogP contribution in [-0.2, 0) is 11.2 Å². The third-order valence-electron chi connectivity index (χ3n) is 5.36. The van der Waals surface area contributed by atoms with Crippen molar-refractivity contribution in [1.82, 2.24) is 0 Å². The highest BCUT2D eigenvalue weighted by molar-refractivity contribution is 6.13. The van der Waals surface area contributed by atoms with E-state index in [1.807, 2.05) is 18.2 Å². The highest BCUT2D eigenvalue weighted by atomic mass is 16.6. The highest BCUT2D eigenvalue weighted by Gasteiger charge is 2.30. The Morgan fingerprint density at radius 3 is 2.65 bits per heavy atom. The van der Waals surface area contributed by atoms with Gasteiger partial charge in [0, 0.05) is 11.1 Å². The predicted molar refractivity (Wildman–Crippen MR) is 113 cm³/mol. The minimum atomic E-state index is -1.35. The monoisotopic (exact) mass is 424 g/mol. The molecule has 0 aromatic heterocycles. The molecule has 4 rings (SSSR count). The average molecular weight is 424 g/mol. The summed E-state index contributed by atoms with van der Waals surface area (Å²) >= 11 is 0. The second-order valence-corrected chi connectivity index (χ2v) is 7.98. The zero-order valence-electron chi connectivity index (χ0n) is 17.7. The Morgan fingerprint density at radius 2 is 1.90 bits per heavy atom. The first-order valence-corrected chi connectivity index (χ1v) is 10.1. The summed E-state index contributed by atoms with van der Waals surface area (Å²) in [6.45, 7) is 3.91. The number of fused-ring (bicyclic) bond motifs is 2. The van der Waals surface area contributed by atoms with Crippen LogP contribution in [0.15, 0.2) is 35.9 Å². The summed E-state index contributed by atoms with van der Waals surface area (Å²) < 4.78 is 22.3. The molecule has 0 bridgehead atoms. The average Bonchev–Trinajstić information content (AvgIpc) is 2.74. The molecule has 1 aliphatic carbocycles.